The molecule has 5 heteroatoms. The second kappa shape index (κ2) is 5.74. The van der Waals surface area contributed by atoms with E-state index in [1.54, 1.807) is 7.05 Å². The highest BCUT2D eigenvalue weighted by Gasteiger charge is 2.46. The van der Waals surface area contributed by atoms with Crippen LogP contribution in [0.4, 0.5) is 0 Å². The number of hydrogen-bond acceptors (Lipinski definition) is 3. The summed E-state index contributed by atoms with van der Waals surface area (Å²) in [6, 6.07) is 0.0923. The monoisotopic (exact) mass is 266 g/mol. The van der Waals surface area contributed by atoms with E-state index in [-0.39, 0.29) is 30.0 Å². The Balaban J connectivity index is 1.88. The average Bonchev–Trinajstić information content (AvgIpc) is 3.00. The van der Waals surface area contributed by atoms with Gasteiger partial charge >= 0.3 is 0 Å². The average molecular weight is 266 g/mol. The van der Waals surface area contributed by atoms with Gasteiger partial charge in [0.2, 0.25) is 11.8 Å². The summed E-state index contributed by atoms with van der Waals surface area (Å²) in [5.41, 5.74) is -0.142. The van der Waals surface area contributed by atoms with Crippen molar-refractivity contribution in [1.29, 1.82) is 0 Å². The number of likely N-dealkylation sites (N-methyl/N-ethyl adjacent to an activating group) is 1. The minimum absolute atomic E-state index is 0.0669. The number of nitrogens with zero attached hydrogens (tertiary/aromatic N) is 1. The van der Waals surface area contributed by atoms with Crippen LogP contribution >= 0.6 is 0 Å². The van der Waals surface area contributed by atoms with E-state index in [1.165, 1.54) is 11.0 Å². The van der Waals surface area contributed by atoms with Gasteiger partial charge < -0.3 is 15.0 Å². The predicted molar refractivity (Wildman–Crippen MR) is 71.5 cm³/mol. The fourth-order valence-corrected chi connectivity index (χ4v) is 3.13. The van der Waals surface area contributed by atoms with Gasteiger partial charge in [0, 0.05) is 13.7 Å². The van der Waals surface area contributed by atoms with E-state index in [1.807, 2.05) is 0 Å². The quantitative estimate of drug-likeness (QED) is 0.767. The first-order valence-corrected chi connectivity index (χ1v) is 6.88. The molecule has 106 valence electrons. The van der Waals surface area contributed by atoms with E-state index in [0.717, 1.165) is 38.7 Å². The summed E-state index contributed by atoms with van der Waals surface area (Å²) >= 11 is 0. The SMILES string of the molecule is C=CC(=O)N(C)CC(=O)N[C@@H]1CCC[C@]12CCCO2. The molecule has 2 amide bonds. The minimum Gasteiger partial charge on any atom is -0.373 e. The topological polar surface area (TPSA) is 58.6 Å². The van der Waals surface area contributed by atoms with Crippen LogP contribution in [0.5, 0.6) is 0 Å². The van der Waals surface area contributed by atoms with Gasteiger partial charge in [0.1, 0.15) is 0 Å². The smallest absolute Gasteiger partial charge is 0.246 e. The molecule has 0 radical (unpaired) electrons. The van der Waals surface area contributed by atoms with Gasteiger partial charge in [-0.15, -0.1) is 0 Å². The van der Waals surface area contributed by atoms with Crippen LogP contribution in [0.15, 0.2) is 12.7 Å². The number of carbonyl (C=O) groups is 2. The van der Waals surface area contributed by atoms with E-state index >= 15 is 0 Å². The number of amides is 2. The van der Waals surface area contributed by atoms with Gasteiger partial charge in [-0.1, -0.05) is 6.58 Å². The van der Waals surface area contributed by atoms with Crippen molar-refractivity contribution in [2.24, 2.45) is 0 Å². The highest BCUT2D eigenvalue weighted by Crippen LogP contribution is 2.41. The molecular formula is C14H22N2O3. The molecule has 19 heavy (non-hydrogen) atoms. The normalized spacial score (nSPS) is 29.4. The lowest BCUT2D eigenvalue weighted by molar-refractivity contribution is -0.132. The third kappa shape index (κ3) is 2.97. The van der Waals surface area contributed by atoms with Crippen LogP contribution in [0.2, 0.25) is 0 Å². The number of ether oxygens (including phenoxy) is 1. The molecule has 0 aromatic carbocycles. The third-order valence-electron chi connectivity index (χ3n) is 4.13. The first-order valence-electron chi connectivity index (χ1n) is 6.88. The minimum atomic E-state index is -0.242. The molecule has 1 saturated heterocycles. The van der Waals surface area contributed by atoms with Crippen molar-refractivity contribution >= 4 is 11.8 Å². The zero-order valence-corrected chi connectivity index (χ0v) is 11.5. The van der Waals surface area contributed by atoms with Crippen LogP contribution in [0.1, 0.15) is 32.1 Å². The van der Waals surface area contributed by atoms with Crippen molar-refractivity contribution in [1.82, 2.24) is 10.2 Å². The summed E-state index contributed by atoms with van der Waals surface area (Å²) in [5.74, 6) is -0.368. The molecule has 0 aromatic rings. The summed E-state index contributed by atoms with van der Waals surface area (Å²) in [6.45, 7) is 4.27. The molecule has 0 bridgehead atoms. The molecule has 0 aromatic heterocycles. The Bertz CT molecular complexity index is 369. The summed E-state index contributed by atoms with van der Waals surface area (Å²) in [7, 11) is 1.60. The number of hydrogen-bond donors (Lipinski definition) is 1. The van der Waals surface area contributed by atoms with Crippen LogP contribution in [-0.4, -0.2) is 48.6 Å². The van der Waals surface area contributed by atoms with Crippen molar-refractivity contribution in [3.8, 4) is 0 Å². The molecule has 1 aliphatic heterocycles. The molecule has 1 N–H and O–H groups in total. The highest BCUT2D eigenvalue weighted by molar-refractivity contribution is 5.90. The molecule has 1 heterocycles. The van der Waals surface area contributed by atoms with Crippen molar-refractivity contribution in [3.63, 3.8) is 0 Å². The van der Waals surface area contributed by atoms with Crippen molar-refractivity contribution in [2.75, 3.05) is 20.2 Å². The summed E-state index contributed by atoms with van der Waals surface area (Å²) in [4.78, 5) is 24.7. The Morgan fingerprint density at radius 3 is 2.84 bits per heavy atom. The molecule has 2 fully saturated rings. The fourth-order valence-electron chi connectivity index (χ4n) is 3.13. The molecule has 1 aliphatic carbocycles. The first-order chi connectivity index (χ1) is 9.07. The predicted octanol–water partition coefficient (Wildman–Crippen LogP) is 0.849. The maximum Gasteiger partial charge on any atom is 0.246 e. The van der Waals surface area contributed by atoms with Gasteiger partial charge in [0.05, 0.1) is 18.2 Å². The third-order valence-corrected chi connectivity index (χ3v) is 4.13. The molecule has 2 aliphatic rings. The number of nitrogens with one attached hydrogen (secondary N) is 1. The number of rotatable bonds is 4. The zero-order valence-electron chi connectivity index (χ0n) is 11.5. The van der Waals surface area contributed by atoms with Gasteiger partial charge in [-0.3, -0.25) is 9.59 Å². The Morgan fingerprint density at radius 1 is 1.47 bits per heavy atom. The fraction of sp³-hybridized carbons (Fsp3) is 0.714. The lowest BCUT2D eigenvalue weighted by Gasteiger charge is -2.31. The second-order valence-corrected chi connectivity index (χ2v) is 5.43. The van der Waals surface area contributed by atoms with Gasteiger partial charge in [0.25, 0.3) is 0 Å². The molecular weight excluding hydrogens is 244 g/mol. The lowest BCUT2D eigenvalue weighted by Crippen LogP contribution is -2.51. The van der Waals surface area contributed by atoms with Crippen molar-refractivity contribution < 1.29 is 14.3 Å². The number of carbonyl (C=O) groups excluding carboxylic acids is 2. The van der Waals surface area contributed by atoms with E-state index in [4.69, 9.17) is 4.74 Å². The van der Waals surface area contributed by atoms with Crippen LogP contribution < -0.4 is 5.32 Å². The summed E-state index contributed by atoms with van der Waals surface area (Å²) < 4.78 is 5.88. The molecule has 0 unspecified atom stereocenters. The van der Waals surface area contributed by atoms with Crippen LogP contribution in [0, 0.1) is 0 Å². The molecule has 2 rings (SSSR count). The maximum absolute atomic E-state index is 12.0. The lowest BCUT2D eigenvalue weighted by atomic mass is 9.94. The van der Waals surface area contributed by atoms with E-state index in [0.29, 0.717) is 0 Å². The highest BCUT2D eigenvalue weighted by atomic mass is 16.5. The largest absolute Gasteiger partial charge is 0.373 e. The second-order valence-electron chi connectivity index (χ2n) is 5.43. The van der Waals surface area contributed by atoms with E-state index < -0.39 is 0 Å². The van der Waals surface area contributed by atoms with Crippen molar-refractivity contribution in [3.05, 3.63) is 12.7 Å². The van der Waals surface area contributed by atoms with Gasteiger partial charge in [-0.2, -0.15) is 0 Å². The van der Waals surface area contributed by atoms with Crippen LogP contribution in [0.3, 0.4) is 0 Å². The maximum atomic E-state index is 12.0. The molecule has 2 atom stereocenters. The molecule has 1 spiro atoms. The van der Waals surface area contributed by atoms with Gasteiger partial charge in [-0.05, 0) is 38.2 Å². The van der Waals surface area contributed by atoms with E-state index in [9.17, 15) is 9.59 Å². The Kier molecular flexibility index (Phi) is 4.24. The Morgan fingerprint density at radius 2 is 2.21 bits per heavy atom. The summed E-state index contributed by atoms with van der Waals surface area (Å²) in [6.07, 6.45) is 6.39. The van der Waals surface area contributed by atoms with Gasteiger partial charge in [0.15, 0.2) is 0 Å². The van der Waals surface area contributed by atoms with Crippen molar-refractivity contribution in [2.45, 2.75) is 43.7 Å². The van der Waals surface area contributed by atoms with Crippen LogP contribution in [0.25, 0.3) is 0 Å². The van der Waals surface area contributed by atoms with E-state index in [2.05, 4.69) is 11.9 Å². The standard InChI is InChI=1S/C14H22N2O3/c1-3-13(18)16(2)10-12(17)15-11-6-4-7-14(11)8-5-9-19-14/h3,11H,1,4-10H2,2H3,(H,15,17)/t11-,14+/m1/s1. The zero-order chi connectivity index (χ0) is 13.9. The molecule has 5 nitrogen and oxygen atoms in total. The Labute approximate surface area is 114 Å². The van der Waals surface area contributed by atoms with Gasteiger partial charge in [-0.25, -0.2) is 0 Å². The molecule has 1 saturated carbocycles. The van der Waals surface area contributed by atoms with Crippen LogP contribution in [-0.2, 0) is 14.3 Å². The Hall–Kier alpha value is -1.36. The summed E-state index contributed by atoms with van der Waals surface area (Å²) in [5, 5.41) is 3.03. The first kappa shape index (κ1) is 14.1.